The summed E-state index contributed by atoms with van der Waals surface area (Å²) in [6, 6.07) is 7.34. The van der Waals surface area contributed by atoms with Gasteiger partial charge < -0.3 is 10.4 Å². The van der Waals surface area contributed by atoms with E-state index in [-0.39, 0.29) is 16.9 Å². The van der Waals surface area contributed by atoms with Crippen LogP contribution in [0.5, 0.6) is 0 Å². The van der Waals surface area contributed by atoms with Crippen LogP contribution in [-0.2, 0) is 0 Å². The van der Waals surface area contributed by atoms with Gasteiger partial charge in [0, 0.05) is 17.8 Å². The average molecular weight is 290 g/mol. The van der Waals surface area contributed by atoms with E-state index in [1.54, 1.807) is 6.92 Å². The molecule has 108 valence electrons. The summed E-state index contributed by atoms with van der Waals surface area (Å²) in [5.41, 5.74) is 0.759. The number of nitrogens with one attached hydrogen (secondary N) is 1. The third kappa shape index (κ3) is 3.14. The minimum Gasteiger partial charge on any atom is -0.478 e. The van der Waals surface area contributed by atoms with Crippen molar-refractivity contribution in [1.29, 1.82) is 0 Å². The molecular formula is C14H11FN2O4. The van der Waals surface area contributed by atoms with E-state index in [1.807, 2.05) is 0 Å². The molecule has 2 aromatic carbocycles. The number of aromatic carboxylic acids is 1. The topological polar surface area (TPSA) is 92.5 Å². The minimum absolute atomic E-state index is 0.0754. The Balaban J connectivity index is 2.48. The van der Waals surface area contributed by atoms with Crippen molar-refractivity contribution in [3.63, 3.8) is 0 Å². The van der Waals surface area contributed by atoms with Crippen LogP contribution in [0.15, 0.2) is 36.4 Å². The van der Waals surface area contributed by atoms with Gasteiger partial charge in [-0.3, -0.25) is 10.1 Å². The summed E-state index contributed by atoms with van der Waals surface area (Å²) >= 11 is 0. The average Bonchev–Trinajstić information content (AvgIpc) is 2.41. The molecule has 7 heteroatoms. The fourth-order valence-corrected chi connectivity index (χ4v) is 1.85. The summed E-state index contributed by atoms with van der Waals surface area (Å²) in [5, 5.41) is 22.7. The molecule has 0 unspecified atom stereocenters. The highest BCUT2D eigenvalue weighted by atomic mass is 19.1. The normalized spacial score (nSPS) is 10.2. The zero-order chi connectivity index (χ0) is 15.6. The maximum atomic E-state index is 13.1. The summed E-state index contributed by atoms with van der Waals surface area (Å²) in [5.74, 6) is -1.64. The molecule has 21 heavy (non-hydrogen) atoms. The van der Waals surface area contributed by atoms with Crippen LogP contribution < -0.4 is 5.32 Å². The molecule has 0 radical (unpaired) electrons. The molecule has 0 bridgehead atoms. The van der Waals surface area contributed by atoms with Gasteiger partial charge in [0.1, 0.15) is 5.82 Å². The number of halogens is 1. The van der Waals surface area contributed by atoms with Crippen molar-refractivity contribution in [3.8, 4) is 0 Å². The van der Waals surface area contributed by atoms with Gasteiger partial charge in [0.25, 0.3) is 5.69 Å². The fraction of sp³-hybridized carbons (Fsp3) is 0.0714. The van der Waals surface area contributed by atoms with Crippen molar-refractivity contribution in [3.05, 3.63) is 63.5 Å². The van der Waals surface area contributed by atoms with Gasteiger partial charge in [-0.05, 0) is 36.8 Å². The van der Waals surface area contributed by atoms with Crippen LogP contribution in [0.2, 0.25) is 0 Å². The maximum absolute atomic E-state index is 13.1. The molecule has 0 aliphatic carbocycles. The number of non-ortho nitro benzene ring substituents is 1. The second-order valence-corrected chi connectivity index (χ2v) is 4.38. The second-order valence-electron chi connectivity index (χ2n) is 4.38. The molecule has 2 N–H and O–H groups in total. The Bertz CT molecular complexity index is 731. The smallest absolute Gasteiger partial charge is 0.337 e. The van der Waals surface area contributed by atoms with Crippen LogP contribution in [-0.4, -0.2) is 16.0 Å². The Hall–Kier alpha value is -2.96. The van der Waals surface area contributed by atoms with E-state index in [1.165, 1.54) is 18.2 Å². The first-order chi connectivity index (χ1) is 9.88. The van der Waals surface area contributed by atoms with E-state index in [0.717, 1.165) is 18.2 Å². The summed E-state index contributed by atoms with van der Waals surface area (Å²) in [7, 11) is 0. The molecule has 0 saturated heterocycles. The lowest BCUT2D eigenvalue weighted by Crippen LogP contribution is -2.04. The molecule has 2 aromatic rings. The van der Waals surface area contributed by atoms with Crippen molar-refractivity contribution in [1.82, 2.24) is 0 Å². The van der Waals surface area contributed by atoms with Crippen LogP contribution in [0.25, 0.3) is 0 Å². The van der Waals surface area contributed by atoms with E-state index in [4.69, 9.17) is 5.11 Å². The highest BCUT2D eigenvalue weighted by Gasteiger charge is 2.16. The third-order valence-electron chi connectivity index (χ3n) is 2.90. The van der Waals surface area contributed by atoms with Crippen molar-refractivity contribution in [2.75, 3.05) is 5.32 Å². The largest absolute Gasteiger partial charge is 0.478 e. The lowest BCUT2D eigenvalue weighted by molar-refractivity contribution is -0.384. The molecule has 0 fully saturated rings. The van der Waals surface area contributed by atoms with Gasteiger partial charge in [-0.1, -0.05) is 0 Å². The number of hydrogen-bond acceptors (Lipinski definition) is 4. The third-order valence-corrected chi connectivity index (χ3v) is 2.90. The van der Waals surface area contributed by atoms with Crippen molar-refractivity contribution in [2.45, 2.75) is 6.92 Å². The molecule has 6 nitrogen and oxygen atoms in total. The van der Waals surface area contributed by atoms with E-state index in [2.05, 4.69) is 5.32 Å². The van der Waals surface area contributed by atoms with Gasteiger partial charge in [0.05, 0.1) is 16.2 Å². The molecule has 0 heterocycles. The Morgan fingerprint density at radius 3 is 2.52 bits per heavy atom. The lowest BCUT2D eigenvalue weighted by Gasteiger charge is -2.12. The number of hydrogen-bond donors (Lipinski definition) is 2. The number of nitro groups is 1. The Labute approximate surface area is 119 Å². The first kappa shape index (κ1) is 14.4. The van der Waals surface area contributed by atoms with E-state index in [9.17, 15) is 19.3 Å². The first-order valence-corrected chi connectivity index (χ1v) is 5.93. The van der Waals surface area contributed by atoms with Gasteiger partial charge in [0.2, 0.25) is 0 Å². The molecule has 0 saturated carbocycles. The summed E-state index contributed by atoms with van der Waals surface area (Å²) in [6.45, 7) is 1.64. The zero-order valence-electron chi connectivity index (χ0n) is 11.0. The Morgan fingerprint density at radius 1 is 1.24 bits per heavy atom. The highest BCUT2D eigenvalue weighted by molar-refractivity contribution is 5.96. The fourth-order valence-electron chi connectivity index (χ4n) is 1.85. The van der Waals surface area contributed by atoms with Crippen LogP contribution in [0.3, 0.4) is 0 Å². The molecule has 0 aliphatic rings. The first-order valence-electron chi connectivity index (χ1n) is 5.93. The van der Waals surface area contributed by atoms with Crippen LogP contribution in [0.4, 0.5) is 21.5 Å². The van der Waals surface area contributed by atoms with Gasteiger partial charge in [-0.15, -0.1) is 0 Å². The quantitative estimate of drug-likeness (QED) is 0.664. The molecule has 2 rings (SSSR count). The van der Waals surface area contributed by atoms with Crippen LogP contribution in [0.1, 0.15) is 15.9 Å². The number of anilines is 2. The minimum atomic E-state index is -1.22. The van der Waals surface area contributed by atoms with Crippen LogP contribution >= 0.6 is 0 Å². The van der Waals surface area contributed by atoms with Crippen LogP contribution in [0, 0.1) is 22.9 Å². The molecule has 0 spiro atoms. The highest BCUT2D eigenvalue weighted by Crippen LogP contribution is 2.27. The van der Waals surface area contributed by atoms with E-state index < -0.39 is 16.7 Å². The number of carbonyl (C=O) groups is 1. The van der Waals surface area contributed by atoms with E-state index >= 15 is 0 Å². The molecule has 0 aromatic heterocycles. The Morgan fingerprint density at radius 2 is 1.95 bits per heavy atom. The predicted octanol–water partition coefficient (Wildman–Crippen LogP) is 3.48. The SMILES string of the molecule is Cc1cc(F)ccc1Nc1cc([N+](=O)[O-])ccc1C(=O)O. The van der Waals surface area contributed by atoms with Crippen molar-refractivity contribution in [2.24, 2.45) is 0 Å². The van der Waals surface area contributed by atoms with Crippen molar-refractivity contribution >= 4 is 23.0 Å². The Kier molecular flexibility index (Phi) is 3.84. The zero-order valence-corrected chi connectivity index (χ0v) is 11.0. The number of carboxylic acids is 1. The number of carboxylic acid groups (broad SMARTS) is 1. The van der Waals surface area contributed by atoms with Crippen molar-refractivity contribution < 1.29 is 19.2 Å². The summed E-state index contributed by atoms with van der Waals surface area (Å²) < 4.78 is 13.1. The molecular weight excluding hydrogens is 279 g/mol. The molecule has 0 atom stereocenters. The number of nitro benzene ring substituents is 1. The van der Waals surface area contributed by atoms with Gasteiger partial charge in [-0.2, -0.15) is 0 Å². The summed E-state index contributed by atoms with van der Waals surface area (Å²) in [4.78, 5) is 21.3. The second kappa shape index (κ2) is 5.58. The maximum Gasteiger partial charge on any atom is 0.337 e. The van der Waals surface area contributed by atoms with E-state index in [0.29, 0.717) is 11.3 Å². The van der Waals surface area contributed by atoms with Gasteiger partial charge in [-0.25, -0.2) is 9.18 Å². The number of nitrogens with zero attached hydrogens (tertiary/aromatic N) is 1. The predicted molar refractivity (Wildman–Crippen MR) is 74.5 cm³/mol. The number of aryl methyl sites for hydroxylation is 1. The summed E-state index contributed by atoms with van der Waals surface area (Å²) in [6.07, 6.45) is 0. The molecule has 0 amide bonds. The number of benzene rings is 2. The number of rotatable bonds is 4. The molecule has 0 aliphatic heterocycles. The van der Waals surface area contributed by atoms with Gasteiger partial charge >= 0.3 is 5.97 Å². The van der Waals surface area contributed by atoms with Gasteiger partial charge in [0.15, 0.2) is 0 Å². The monoisotopic (exact) mass is 290 g/mol. The standard InChI is InChI=1S/C14H11FN2O4/c1-8-6-9(15)2-5-12(8)16-13-7-10(17(20)21)3-4-11(13)14(18)19/h2-7,16H,1H3,(H,18,19). The lowest BCUT2D eigenvalue weighted by atomic mass is 10.1.